The van der Waals surface area contributed by atoms with Crippen molar-refractivity contribution in [2.24, 2.45) is 0 Å². The van der Waals surface area contributed by atoms with Crippen molar-refractivity contribution in [3.63, 3.8) is 0 Å². The number of hydrogen-bond donors (Lipinski definition) is 1. The van der Waals surface area contributed by atoms with Crippen molar-refractivity contribution in [2.75, 3.05) is 13.2 Å². The smallest absolute Gasteiger partial charge is 0.220 e. The van der Waals surface area contributed by atoms with Crippen LogP contribution >= 0.6 is 0 Å². The van der Waals surface area contributed by atoms with E-state index in [2.05, 4.69) is 29.6 Å². The van der Waals surface area contributed by atoms with Gasteiger partial charge in [-0.15, -0.1) is 0 Å². The third-order valence-corrected chi connectivity index (χ3v) is 4.95. The number of aryl methyl sites for hydroxylation is 2. The first-order valence-corrected chi connectivity index (χ1v) is 9.05. The van der Waals surface area contributed by atoms with Crippen molar-refractivity contribution in [3.8, 4) is 11.5 Å². The van der Waals surface area contributed by atoms with Crippen LogP contribution in [0, 0.1) is 0 Å². The quantitative estimate of drug-likeness (QED) is 0.927. The summed E-state index contributed by atoms with van der Waals surface area (Å²) in [5.74, 6) is 1.68. The van der Waals surface area contributed by atoms with E-state index in [0.717, 1.165) is 36.3 Å². The summed E-state index contributed by atoms with van der Waals surface area (Å²) in [5.41, 5.74) is 3.75. The van der Waals surface area contributed by atoms with Gasteiger partial charge in [-0.25, -0.2) is 0 Å². The van der Waals surface area contributed by atoms with E-state index in [1.807, 2.05) is 18.2 Å². The van der Waals surface area contributed by atoms with Gasteiger partial charge in [0, 0.05) is 6.42 Å². The molecule has 0 radical (unpaired) electrons. The second-order valence-electron chi connectivity index (χ2n) is 6.69. The van der Waals surface area contributed by atoms with Crippen molar-refractivity contribution < 1.29 is 14.3 Å². The van der Waals surface area contributed by atoms with Crippen molar-refractivity contribution in [2.45, 2.75) is 38.1 Å². The molecule has 0 aromatic heterocycles. The van der Waals surface area contributed by atoms with E-state index in [9.17, 15) is 4.79 Å². The predicted octanol–water partition coefficient (Wildman–Crippen LogP) is 3.58. The number of rotatable bonds is 4. The largest absolute Gasteiger partial charge is 0.486 e. The number of fused-ring (bicyclic) bond motifs is 2. The zero-order valence-corrected chi connectivity index (χ0v) is 14.3. The first-order valence-electron chi connectivity index (χ1n) is 9.05. The summed E-state index contributed by atoms with van der Waals surface area (Å²) in [5, 5.41) is 3.21. The maximum absolute atomic E-state index is 12.4. The van der Waals surface area contributed by atoms with Gasteiger partial charge in [0.05, 0.1) is 6.04 Å². The fraction of sp³-hybridized carbons (Fsp3) is 0.381. The number of nitrogens with one attached hydrogen (secondary N) is 1. The van der Waals surface area contributed by atoms with Crippen LogP contribution in [0.3, 0.4) is 0 Å². The molecule has 1 atom stereocenters. The standard InChI is InChI=1S/C21H23NO3/c23-21(22-18-7-3-5-16-4-1-2-6-17(16)18)11-9-15-8-10-19-20(14-15)25-13-12-24-19/h1-2,4,6,8,10,14,18H,3,5,7,9,11-13H2,(H,22,23)/t18-/m1/s1. The van der Waals surface area contributed by atoms with Crippen LogP contribution in [0.15, 0.2) is 42.5 Å². The molecule has 1 N–H and O–H groups in total. The Morgan fingerprint density at radius 2 is 1.92 bits per heavy atom. The lowest BCUT2D eigenvalue weighted by Crippen LogP contribution is -2.31. The maximum Gasteiger partial charge on any atom is 0.220 e. The Morgan fingerprint density at radius 3 is 2.84 bits per heavy atom. The number of ether oxygens (including phenoxy) is 2. The average Bonchev–Trinajstić information content (AvgIpc) is 2.66. The SMILES string of the molecule is O=C(CCc1ccc2c(c1)OCCO2)N[C@@H]1CCCc2ccccc21. The van der Waals surface area contributed by atoms with E-state index in [1.165, 1.54) is 11.1 Å². The molecule has 0 spiro atoms. The predicted molar refractivity (Wildman–Crippen MR) is 96.0 cm³/mol. The zero-order valence-electron chi connectivity index (χ0n) is 14.3. The summed E-state index contributed by atoms with van der Waals surface area (Å²) in [7, 11) is 0. The highest BCUT2D eigenvalue weighted by Crippen LogP contribution is 2.31. The second-order valence-corrected chi connectivity index (χ2v) is 6.69. The summed E-state index contributed by atoms with van der Waals surface area (Å²) in [6.07, 6.45) is 4.45. The van der Waals surface area contributed by atoms with Crippen LogP contribution in [0.1, 0.15) is 42.0 Å². The molecule has 25 heavy (non-hydrogen) atoms. The lowest BCUT2D eigenvalue weighted by Gasteiger charge is -2.26. The summed E-state index contributed by atoms with van der Waals surface area (Å²) < 4.78 is 11.1. The van der Waals surface area contributed by atoms with Crippen LogP contribution in [-0.2, 0) is 17.6 Å². The summed E-state index contributed by atoms with van der Waals surface area (Å²) >= 11 is 0. The van der Waals surface area contributed by atoms with Gasteiger partial charge in [-0.05, 0) is 54.5 Å². The van der Waals surface area contributed by atoms with Crippen molar-refractivity contribution in [3.05, 3.63) is 59.2 Å². The minimum atomic E-state index is 0.108. The minimum Gasteiger partial charge on any atom is -0.486 e. The molecule has 1 amide bonds. The fourth-order valence-corrected chi connectivity index (χ4v) is 3.67. The van der Waals surface area contributed by atoms with E-state index in [0.29, 0.717) is 26.1 Å². The number of carbonyl (C=O) groups excluding carboxylic acids is 1. The molecule has 4 heteroatoms. The van der Waals surface area contributed by atoms with Crippen molar-refractivity contribution in [1.82, 2.24) is 5.32 Å². The topological polar surface area (TPSA) is 47.6 Å². The lowest BCUT2D eigenvalue weighted by atomic mass is 9.87. The molecule has 0 bridgehead atoms. The Balaban J connectivity index is 1.36. The number of carbonyl (C=O) groups is 1. The van der Waals surface area contributed by atoms with Crippen LogP contribution in [0.2, 0.25) is 0 Å². The van der Waals surface area contributed by atoms with Gasteiger partial charge in [0.25, 0.3) is 0 Å². The molecule has 1 heterocycles. The highest BCUT2D eigenvalue weighted by Gasteiger charge is 2.21. The molecule has 4 rings (SSSR count). The van der Waals surface area contributed by atoms with Gasteiger partial charge in [0.1, 0.15) is 13.2 Å². The van der Waals surface area contributed by atoms with E-state index in [4.69, 9.17) is 9.47 Å². The molecule has 2 aliphatic rings. The van der Waals surface area contributed by atoms with E-state index in [-0.39, 0.29) is 11.9 Å². The molecular weight excluding hydrogens is 314 g/mol. The van der Waals surface area contributed by atoms with Crippen LogP contribution in [0.4, 0.5) is 0 Å². The molecule has 2 aromatic carbocycles. The number of amides is 1. The van der Waals surface area contributed by atoms with Crippen LogP contribution in [-0.4, -0.2) is 19.1 Å². The highest BCUT2D eigenvalue weighted by atomic mass is 16.6. The van der Waals surface area contributed by atoms with Gasteiger partial charge >= 0.3 is 0 Å². The molecule has 0 saturated carbocycles. The maximum atomic E-state index is 12.4. The van der Waals surface area contributed by atoms with Gasteiger partial charge in [-0.1, -0.05) is 30.3 Å². The minimum absolute atomic E-state index is 0.108. The molecule has 130 valence electrons. The molecule has 4 nitrogen and oxygen atoms in total. The first kappa shape index (κ1) is 16.0. The van der Waals surface area contributed by atoms with Gasteiger partial charge in [-0.3, -0.25) is 4.79 Å². The number of hydrogen-bond acceptors (Lipinski definition) is 3. The molecule has 1 aliphatic carbocycles. The number of benzene rings is 2. The molecule has 1 aliphatic heterocycles. The summed E-state index contributed by atoms with van der Waals surface area (Å²) in [6.45, 7) is 1.18. The Kier molecular flexibility index (Phi) is 4.59. The van der Waals surface area contributed by atoms with Crippen LogP contribution in [0.25, 0.3) is 0 Å². The lowest BCUT2D eigenvalue weighted by molar-refractivity contribution is -0.121. The summed E-state index contributed by atoms with van der Waals surface area (Å²) in [4.78, 5) is 12.4. The molecular formula is C21H23NO3. The van der Waals surface area contributed by atoms with Gasteiger partial charge in [-0.2, -0.15) is 0 Å². The highest BCUT2D eigenvalue weighted by molar-refractivity contribution is 5.76. The van der Waals surface area contributed by atoms with Crippen LogP contribution in [0.5, 0.6) is 11.5 Å². The van der Waals surface area contributed by atoms with Crippen molar-refractivity contribution in [1.29, 1.82) is 0 Å². The van der Waals surface area contributed by atoms with Gasteiger partial charge in [0.15, 0.2) is 11.5 Å². The monoisotopic (exact) mass is 337 g/mol. The van der Waals surface area contributed by atoms with Gasteiger partial charge < -0.3 is 14.8 Å². The normalized spacial score (nSPS) is 18.3. The van der Waals surface area contributed by atoms with Gasteiger partial charge in [0.2, 0.25) is 5.91 Å². The Hall–Kier alpha value is -2.49. The molecule has 2 aromatic rings. The Morgan fingerprint density at radius 1 is 1.08 bits per heavy atom. The molecule has 0 fully saturated rings. The van der Waals surface area contributed by atoms with Crippen LogP contribution < -0.4 is 14.8 Å². The molecule has 0 saturated heterocycles. The molecule has 0 unspecified atom stereocenters. The first-order chi connectivity index (χ1) is 12.3. The Bertz CT molecular complexity index is 771. The fourth-order valence-electron chi connectivity index (χ4n) is 3.67. The third-order valence-electron chi connectivity index (χ3n) is 4.95. The third kappa shape index (κ3) is 3.63. The zero-order chi connectivity index (χ0) is 17.1. The van der Waals surface area contributed by atoms with E-state index in [1.54, 1.807) is 0 Å². The average molecular weight is 337 g/mol. The second kappa shape index (κ2) is 7.18. The van der Waals surface area contributed by atoms with E-state index < -0.39 is 0 Å². The van der Waals surface area contributed by atoms with Crippen molar-refractivity contribution >= 4 is 5.91 Å². The van der Waals surface area contributed by atoms with E-state index >= 15 is 0 Å². The Labute approximate surface area is 148 Å². The summed E-state index contributed by atoms with van der Waals surface area (Å²) in [6, 6.07) is 14.5.